The van der Waals surface area contributed by atoms with Crippen LogP contribution >= 0.6 is 11.3 Å². The van der Waals surface area contributed by atoms with Crippen molar-refractivity contribution in [2.75, 3.05) is 13.7 Å². The fourth-order valence-corrected chi connectivity index (χ4v) is 4.55. The third-order valence-corrected chi connectivity index (χ3v) is 6.29. The van der Waals surface area contributed by atoms with Crippen molar-refractivity contribution in [1.82, 2.24) is 9.55 Å². The molecule has 0 saturated carbocycles. The van der Waals surface area contributed by atoms with Crippen molar-refractivity contribution < 1.29 is 4.74 Å². The molecule has 30 heavy (non-hydrogen) atoms. The number of benzene rings is 2. The number of fused-ring (bicyclic) bond motifs is 2. The summed E-state index contributed by atoms with van der Waals surface area (Å²) in [6, 6.07) is 15.4. The molecule has 154 valence electrons. The lowest BCUT2D eigenvalue weighted by Gasteiger charge is -2.19. The number of nitrogens with zero attached hydrogens (tertiary/aromatic N) is 2. The standard InChI is InChI=1S/C24H24N2O3S/c1-24(2,3)16-11-9-15(10-12-16)21-25-22-19(23(28)26(21)13-14-29-4)20(27)17-7-5-6-8-18(17)30-22/h5-12H,13-14H2,1-4H3. The van der Waals surface area contributed by atoms with E-state index in [9.17, 15) is 9.59 Å². The minimum Gasteiger partial charge on any atom is -0.383 e. The SMILES string of the molecule is COCCn1c(-c2ccc(C(C)(C)C)cc2)nc2sc3ccccc3c(=O)c2c1=O. The van der Waals surface area contributed by atoms with Gasteiger partial charge in [-0.15, -0.1) is 11.3 Å². The Morgan fingerprint density at radius 2 is 1.73 bits per heavy atom. The van der Waals surface area contributed by atoms with E-state index >= 15 is 0 Å². The van der Waals surface area contributed by atoms with Gasteiger partial charge in [-0.05, 0) is 23.1 Å². The highest BCUT2D eigenvalue weighted by atomic mass is 32.1. The highest BCUT2D eigenvalue weighted by Crippen LogP contribution is 2.27. The van der Waals surface area contributed by atoms with E-state index in [1.807, 2.05) is 30.3 Å². The molecule has 0 aliphatic heterocycles. The molecular formula is C24H24N2O3S. The van der Waals surface area contributed by atoms with E-state index in [4.69, 9.17) is 9.72 Å². The predicted octanol–water partition coefficient (Wildman–Crippen LogP) is 4.58. The smallest absolute Gasteiger partial charge is 0.266 e. The Kier molecular flexibility index (Phi) is 5.30. The van der Waals surface area contributed by atoms with E-state index in [0.29, 0.717) is 29.2 Å². The molecule has 0 fully saturated rings. The highest BCUT2D eigenvalue weighted by molar-refractivity contribution is 7.24. The van der Waals surface area contributed by atoms with Crippen molar-refractivity contribution in [3.8, 4) is 11.4 Å². The molecule has 0 aliphatic carbocycles. The van der Waals surface area contributed by atoms with Gasteiger partial charge in [-0.1, -0.05) is 57.2 Å². The van der Waals surface area contributed by atoms with E-state index in [1.165, 1.54) is 16.9 Å². The average molecular weight is 421 g/mol. The van der Waals surface area contributed by atoms with Crippen LogP contribution in [0.5, 0.6) is 0 Å². The van der Waals surface area contributed by atoms with E-state index in [-0.39, 0.29) is 21.8 Å². The van der Waals surface area contributed by atoms with Gasteiger partial charge in [0.05, 0.1) is 13.2 Å². The molecule has 0 radical (unpaired) electrons. The van der Waals surface area contributed by atoms with Gasteiger partial charge >= 0.3 is 0 Å². The van der Waals surface area contributed by atoms with Crippen molar-refractivity contribution >= 4 is 31.6 Å². The second-order valence-corrected chi connectivity index (χ2v) is 9.35. The topological polar surface area (TPSA) is 61.2 Å². The molecule has 0 saturated heterocycles. The number of methoxy groups -OCH3 is 1. The first kappa shape index (κ1) is 20.4. The molecule has 5 nitrogen and oxygen atoms in total. The lowest BCUT2D eigenvalue weighted by molar-refractivity contribution is 0.186. The molecule has 6 heteroatoms. The van der Waals surface area contributed by atoms with Gasteiger partial charge in [-0.25, -0.2) is 4.98 Å². The fraction of sp³-hybridized carbons (Fsp3) is 0.292. The molecule has 4 rings (SSSR count). The van der Waals surface area contributed by atoms with Gasteiger partial charge < -0.3 is 4.74 Å². The molecule has 2 heterocycles. The second kappa shape index (κ2) is 7.78. The van der Waals surface area contributed by atoms with Gasteiger partial charge in [-0.2, -0.15) is 0 Å². The van der Waals surface area contributed by atoms with Crippen LogP contribution in [0.3, 0.4) is 0 Å². The van der Waals surface area contributed by atoms with Crippen LogP contribution in [0.2, 0.25) is 0 Å². The summed E-state index contributed by atoms with van der Waals surface area (Å²) in [6.45, 7) is 7.16. The van der Waals surface area contributed by atoms with Crippen LogP contribution in [0.4, 0.5) is 0 Å². The minimum absolute atomic E-state index is 0.0313. The van der Waals surface area contributed by atoms with E-state index < -0.39 is 0 Å². The summed E-state index contributed by atoms with van der Waals surface area (Å²) in [6.07, 6.45) is 0. The molecule has 0 unspecified atom stereocenters. The summed E-state index contributed by atoms with van der Waals surface area (Å²) >= 11 is 1.37. The number of rotatable bonds is 4. The molecule has 2 aromatic carbocycles. The first-order valence-corrected chi connectivity index (χ1v) is 10.7. The molecule has 0 amide bonds. The summed E-state index contributed by atoms with van der Waals surface area (Å²) in [5, 5.41) is 0.694. The zero-order chi connectivity index (χ0) is 21.5. The summed E-state index contributed by atoms with van der Waals surface area (Å²) in [7, 11) is 1.59. The molecular weight excluding hydrogens is 396 g/mol. The Labute approximate surface area is 178 Å². The zero-order valence-electron chi connectivity index (χ0n) is 17.6. The average Bonchev–Trinajstić information content (AvgIpc) is 2.72. The van der Waals surface area contributed by atoms with Crippen LogP contribution in [0.15, 0.2) is 58.1 Å². The lowest BCUT2D eigenvalue weighted by atomic mass is 9.86. The van der Waals surface area contributed by atoms with Gasteiger partial charge in [0.25, 0.3) is 5.56 Å². The van der Waals surface area contributed by atoms with Crippen LogP contribution in [0.1, 0.15) is 26.3 Å². The van der Waals surface area contributed by atoms with Crippen molar-refractivity contribution in [3.05, 3.63) is 74.7 Å². The van der Waals surface area contributed by atoms with Crippen molar-refractivity contribution in [2.24, 2.45) is 0 Å². The van der Waals surface area contributed by atoms with E-state index in [0.717, 1.165) is 10.3 Å². The van der Waals surface area contributed by atoms with Crippen molar-refractivity contribution in [1.29, 1.82) is 0 Å². The Morgan fingerprint density at radius 3 is 2.40 bits per heavy atom. The van der Waals surface area contributed by atoms with Crippen LogP contribution in [-0.2, 0) is 16.7 Å². The van der Waals surface area contributed by atoms with Crippen LogP contribution in [-0.4, -0.2) is 23.3 Å². The Morgan fingerprint density at radius 1 is 1.03 bits per heavy atom. The Bertz CT molecular complexity index is 1350. The van der Waals surface area contributed by atoms with Gasteiger partial charge in [0.1, 0.15) is 16.0 Å². The summed E-state index contributed by atoms with van der Waals surface area (Å²) in [5.74, 6) is 0.552. The number of aromatic nitrogens is 2. The summed E-state index contributed by atoms with van der Waals surface area (Å²) in [4.78, 5) is 31.7. The molecule has 4 aromatic rings. The molecule has 0 bridgehead atoms. The monoisotopic (exact) mass is 420 g/mol. The third-order valence-electron chi connectivity index (χ3n) is 5.23. The molecule has 0 N–H and O–H groups in total. The normalized spacial score (nSPS) is 12.0. The third kappa shape index (κ3) is 3.57. The van der Waals surface area contributed by atoms with Gasteiger partial charge in [0.2, 0.25) is 5.43 Å². The van der Waals surface area contributed by atoms with E-state index in [2.05, 4.69) is 32.9 Å². The molecule has 2 aromatic heterocycles. The fourth-order valence-electron chi connectivity index (χ4n) is 3.51. The highest BCUT2D eigenvalue weighted by Gasteiger charge is 2.19. The predicted molar refractivity (Wildman–Crippen MR) is 124 cm³/mol. The minimum atomic E-state index is -0.320. The van der Waals surface area contributed by atoms with Gasteiger partial charge in [0.15, 0.2) is 0 Å². The summed E-state index contributed by atoms with van der Waals surface area (Å²) < 4.78 is 7.59. The maximum Gasteiger partial charge on any atom is 0.266 e. The van der Waals surface area contributed by atoms with Crippen LogP contribution in [0.25, 0.3) is 31.7 Å². The lowest BCUT2D eigenvalue weighted by Crippen LogP contribution is -2.28. The quantitative estimate of drug-likeness (QED) is 0.453. The number of hydrogen-bond acceptors (Lipinski definition) is 5. The van der Waals surface area contributed by atoms with Crippen LogP contribution < -0.4 is 11.0 Å². The maximum absolute atomic E-state index is 13.4. The molecule has 0 aliphatic rings. The first-order chi connectivity index (χ1) is 14.3. The summed E-state index contributed by atoms with van der Waals surface area (Å²) in [5.41, 5.74) is 1.49. The number of ether oxygens (including phenoxy) is 1. The largest absolute Gasteiger partial charge is 0.383 e. The van der Waals surface area contributed by atoms with Crippen LogP contribution in [0, 0.1) is 0 Å². The van der Waals surface area contributed by atoms with Gasteiger partial charge in [0, 0.05) is 22.8 Å². The number of hydrogen-bond donors (Lipinski definition) is 0. The Balaban J connectivity index is 2.01. The van der Waals surface area contributed by atoms with E-state index in [1.54, 1.807) is 17.7 Å². The van der Waals surface area contributed by atoms with Crippen molar-refractivity contribution in [3.63, 3.8) is 0 Å². The van der Waals surface area contributed by atoms with Gasteiger partial charge in [-0.3, -0.25) is 14.2 Å². The second-order valence-electron chi connectivity index (χ2n) is 8.32. The maximum atomic E-state index is 13.4. The molecule has 0 spiro atoms. The molecule has 0 atom stereocenters. The first-order valence-electron chi connectivity index (χ1n) is 9.87. The van der Waals surface area contributed by atoms with Crippen molar-refractivity contribution in [2.45, 2.75) is 32.7 Å². The zero-order valence-corrected chi connectivity index (χ0v) is 18.4. The Hall–Kier alpha value is -2.83.